The number of aliphatic hydroxyl groups excluding tert-OH is 1. The van der Waals surface area contributed by atoms with Gasteiger partial charge in [-0.1, -0.05) is 12.1 Å². The highest BCUT2D eigenvalue weighted by Gasteiger charge is 2.07. The molecule has 0 saturated heterocycles. The molecular weight excluding hydrogens is 390 g/mol. The van der Waals surface area contributed by atoms with E-state index in [4.69, 9.17) is 14.6 Å². The van der Waals surface area contributed by atoms with E-state index < -0.39 is 0 Å². The molecule has 0 radical (unpaired) electrons. The Hall–Kier alpha value is -2.48. The lowest BCUT2D eigenvalue weighted by Crippen LogP contribution is -2.20. The van der Waals surface area contributed by atoms with Gasteiger partial charge in [-0.05, 0) is 56.3 Å². The van der Waals surface area contributed by atoms with Crippen LogP contribution in [-0.2, 0) is 9.53 Å². The molecule has 2 aromatic carbocycles. The number of esters is 1. The van der Waals surface area contributed by atoms with Crippen LogP contribution in [0.1, 0.15) is 19.3 Å². The minimum Gasteiger partial charge on any atom is -0.494 e. The zero-order valence-corrected chi connectivity index (χ0v) is 17.0. The average molecular weight is 416 g/mol. The Balaban J connectivity index is 1.41. The van der Waals surface area contributed by atoms with E-state index in [9.17, 15) is 9.59 Å². The smallest absolute Gasteiger partial charge is 0.308 e. The summed E-state index contributed by atoms with van der Waals surface area (Å²) in [5.41, 5.74) is 0.0427. The maximum absolute atomic E-state index is 12.7. The van der Waals surface area contributed by atoms with E-state index in [0.29, 0.717) is 24.3 Å². The quantitative estimate of drug-likeness (QED) is 0.284. The lowest BCUT2D eigenvalue weighted by molar-refractivity contribution is -0.144. The lowest BCUT2D eigenvalue weighted by atomic mass is 10.2. The normalized spacial score (nSPS) is 11.1. The first-order valence-electron chi connectivity index (χ1n) is 9.74. The summed E-state index contributed by atoms with van der Waals surface area (Å²) in [6, 6.07) is 13.3. The first-order valence-corrected chi connectivity index (χ1v) is 10.6. The summed E-state index contributed by atoms with van der Waals surface area (Å²) in [7, 11) is 0. The van der Waals surface area contributed by atoms with Crippen LogP contribution >= 0.6 is 11.3 Å². The van der Waals surface area contributed by atoms with Gasteiger partial charge in [0, 0.05) is 20.2 Å². The molecule has 0 spiro atoms. The van der Waals surface area contributed by atoms with Gasteiger partial charge in [-0.2, -0.15) is 0 Å². The fourth-order valence-electron chi connectivity index (χ4n) is 2.93. The van der Waals surface area contributed by atoms with Crippen molar-refractivity contribution in [3.63, 3.8) is 0 Å². The van der Waals surface area contributed by atoms with Crippen molar-refractivity contribution in [2.75, 3.05) is 32.9 Å². The molecule has 0 aliphatic carbocycles. The molecule has 2 N–H and O–H groups in total. The van der Waals surface area contributed by atoms with Crippen molar-refractivity contribution in [3.05, 3.63) is 52.7 Å². The maximum Gasteiger partial charge on any atom is 0.308 e. The zero-order valence-electron chi connectivity index (χ0n) is 16.2. The fourth-order valence-corrected chi connectivity index (χ4v) is 3.98. The molecule has 29 heavy (non-hydrogen) atoms. The molecule has 3 rings (SSSR count). The second-order valence-electron chi connectivity index (χ2n) is 6.58. The molecular formula is C22H25NO5S. The van der Waals surface area contributed by atoms with Crippen LogP contribution < -0.4 is 15.5 Å². The van der Waals surface area contributed by atoms with Gasteiger partial charge in [0.1, 0.15) is 5.75 Å². The van der Waals surface area contributed by atoms with E-state index >= 15 is 0 Å². The number of nitrogens with one attached hydrogen (secondary N) is 1. The summed E-state index contributed by atoms with van der Waals surface area (Å²) in [4.78, 5) is 23.8. The summed E-state index contributed by atoms with van der Waals surface area (Å²) in [6.45, 7) is 2.26. The Labute approximate surface area is 173 Å². The van der Waals surface area contributed by atoms with Crippen molar-refractivity contribution in [2.24, 2.45) is 0 Å². The van der Waals surface area contributed by atoms with Crippen LogP contribution in [0.2, 0.25) is 0 Å². The molecule has 154 valence electrons. The summed E-state index contributed by atoms with van der Waals surface area (Å²) in [6.07, 6.45) is 1.60. The maximum atomic E-state index is 12.7. The van der Waals surface area contributed by atoms with Crippen molar-refractivity contribution in [1.82, 2.24) is 5.32 Å². The van der Waals surface area contributed by atoms with Gasteiger partial charge in [0.15, 0.2) is 5.43 Å². The van der Waals surface area contributed by atoms with Gasteiger partial charge in [-0.15, -0.1) is 11.3 Å². The van der Waals surface area contributed by atoms with Crippen LogP contribution in [0.5, 0.6) is 5.75 Å². The van der Waals surface area contributed by atoms with Gasteiger partial charge in [0.2, 0.25) is 0 Å². The van der Waals surface area contributed by atoms with Crippen LogP contribution in [0.15, 0.2) is 47.3 Å². The van der Waals surface area contributed by atoms with Crippen LogP contribution in [0.4, 0.5) is 0 Å². The molecule has 6 nitrogen and oxygen atoms in total. The van der Waals surface area contributed by atoms with Gasteiger partial charge in [-0.3, -0.25) is 9.59 Å². The molecule has 0 bridgehead atoms. The van der Waals surface area contributed by atoms with E-state index in [-0.39, 0.29) is 24.4 Å². The monoisotopic (exact) mass is 415 g/mol. The van der Waals surface area contributed by atoms with Gasteiger partial charge in [0.25, 0.3) is 0 Å². The Bertz CT molecular complexity index is 1020. The molecule has 0 saturated carbocycles. The Morgan fingerprint density at radius 2 is 1.76 bits per heavy atom. The van der Waals surface area contributed by atoms with E-state index in [1.54, 1.807) is 11.3 Å². The van der Waals surface area contributed by atoms with E-state index in [1.165, 1.54) is 0 Å². The molecule has 3 aromatic rings. The van der Waals surface area contributed by atoms with Crippen molar-refractivity contribution in [3.8, 4) is 5.75 Å². The van der Waals surface area contributed by atoms with Crippen molar-refractivity contribution in [1.29, 1.82) is 0 Å². The van der Waals surface area contributed by atoms with Crippen molar-refractivity contribution in [2.45, 2.75) is 19.3 Å². The van der Waals surface area contributed by atoms with E-state index in [2.05, 4.69) is 5.32 Å². The third-order valence-electron chi connectivity index (χ3n) is 4.39. The highest BCUT2D eigenvalue weighted by atomic mass is 32.1. The lowest BCUT2D eigenvalue weighted by Gasteiger charge is -2.09. The Morgan fingerprint density at radius 1 is 1.00 bits per heavy atom. The third-order valence-corrected chi connectivity index (χ3v) is 5.54. The van der Waals surface area contributed by atoms with Crippen LogP contribution in [0.3, 0.4) is 0 Å². The second kappa shape index (κ2) is 10.9. The van der Waals surface area contributed by atoms with Crippen LogP contribution in [-0.4, -0.2) is 44.0 Å². The Morgan fingerprint density at radius 3 is 2.59 bits per heavy atom. The molecule has 0 aliphatic heterocycles. The van der Waals surface area contributed by atoms with Gasteiger partial charge in [-0.25, -0.2) is 0 Å². The molecule has 1 aromatic heterocycles. The van der Waals surface area contributed by atoms with Crippen LogP contribution in [0, 0.1) is 0 Å². The highest BCUT2D eigenvalue weighted by molar-refractivity contribution is 7.24. The van der Waals surface area contributed by atoms with Gasteiger partial charge >= 0.3 is 5.97 Å². The Kier molecular flexibility index (Phi) is 7.98. The fraction of sp³-hybridized carbons (Fsp3) is 0.364. The van der Waals surface area contributed by atoms with Crippen molar-refractivity contribution < 1.29 is 19.4 Å². The summed E-state index contributed by atoms with van der Waals surface area (Å²) in [5.74, 6) is 0.333. The standard InChI is InChI=1S/C22H25NO5S/c24-12-9-21(25)28-14-4-11-23-10-3-13-27-16-7-8-20-18(15-16)22(26)17-5-1-2-6-19(17)29-20/h1-2,5-8,15,23-24H,3-4,9-14H2. The van der Waals surface area contributed by atoms with E-state index in [0.717, 1.165) is 40.7 Å². The zero-order chi connectivity index (χ0) is 20.5. The molecule has 0 amide bonds. The first-order chi connectivity index (χ1) is 14.2. The summed E-state index contributed by atoms with van der Waals surface area (Å²) < 4.78 is 12.7. The van der Waals surface area contributed by atoms with Gasteiger partial charge in [0.05, 0.1) is 26.2 Å². The number of aliphatic hydroxyl groups is 1. The number of rotatable bonds is 11. The molecule has 7 heteroatoms. The molecule has 0 fully saturated rings. The second-order valence-corrected chi connectivity index (χ2v) is 7.67. The molecule has 1 heterocycles. The summed E-state index contributed by atoms with van der Waals surface area (Å²) in [5, 5.41) is 13.3. The number of ether oxygens (including phenoxy) is 2. The number of carbonyl (C=O) groups excluding carboxylic acids is 1. The minimum atomic E-state index is -0.369. The highest BCUT2D eigenvalue weighted by Crippen LogP contribution is 2.27. The summed E-state index contributed by atoms with van der Waals surface area (Å²) >= 11 is 1.61. The number of hydrogen-bond acceptors (Lipinski definition) is 7. The topological polar surface area (TPSA) is 84.9 Å². The number of hydrogen-bond donors (Lipinski definition) is 2. The SMILES string of the molecule is O=C(CCO)OCCCNCCCOc1ccc2sc3ccccc3c(=O)c2c1. The number of fused-ring (bicyclic) bond motifs is 2. The third kappa shape index (κ3) is 6.00. The predicted molar refractivity (Wildman–Crippen MR) is 116 cm³/mol. The largest absolute Gasteiger partial charge is 0.494 e. The first kappa shape index (κ1) is 21.2. The van der Waals surface area contributed by atoms with Gasteiger partial charge < -0.3 is 19.9 Å². The van der Waals surface area contributed by atoms with E-state index in [1.807, 2.05) is 42.5 Å². The molecule has 0 aliphatic rings. The van der Waals surface area contributed by atoms with Crippen LogP contribution in [0.25, 0.3) is 20.2 Å². The molecule has 0 unspecified atom stereocenters. The molecule has 0 atom stereocenters. The number of benzene rings is 2. The minimum absolute atomic E-state index is 0.0427. The predicted octanol–water partition coefficient (Wildman–Crippen LogP) is 3.09. The number of carbonyl (C=O) groups is 1. The van der Waals surface area contributed by atoms with Crippen molar-refractivity contribution >= 4 is 37.5 Å². The average Bonchev–Trinajstić information content (AvgIpc) is 2.73.